The molecule has 0 saturated carbocycles. The van der Waals surface area contributed by atoms with E-state index < -0.39 is 5.41 Å². The van der Waals surface area contributed by atoms with Gasteiger partial charge in [-0.15, -0.1) is 0 Å². The highest BCUT2D eigenvalue weighted by atomic mass is 16.3. The highest BCUT2D eigenvalue weighted by Gasteiger charge is 2.40. The molecule has 1 amide bonds. The minimum atomic E-state index is -0.414. The van der Waals surface area contributed by atoms with E-state index in [2.05, 4.69) is 10.2 Å². The third kappa shape index (κ3) is 3.99. The lowest BCUT2D eigenvalue weighted by molar-refractivity contribution is -0.125. The van der Waals surface area contributed by atoms with Crippen LogP contribution in [0.5, 0.6) is 0 Å². The molecule has 1 aliphatic heterocycles. The lowest BCUT2D eigenvalue weighted by atomic mass is 9.70. The van der Waals surface area contributed by atoms with Crippen molar-refractivity contribution in [2.24, 2.45) is 0 Å². The zero-order valence-corrected chi connectivity index (χ0v) is 14.5. The first-order chi connectivity index (χ1) is 12.1. The highest BCUT2D eigenvalue weighted by molar-refractivity contribution is 5.88. The summed E-state index contributed by atoms with van der Waals surface area (Å²) in [6.45, 7) is 3.91. The summed E-state index contributed by atoms with van der Waals surface area (Å²) in [6.07, 6.45) is 3.09. The van der Waals surface area contributed by atoms with Gasteiger partial charge in [-0.05, 0) is 50.6 Å². The molecule has 0 radical (unpaired) electrons. The van der Waals surface area contributed by atoms with Crippen LogP contribution in [0, 0.1) is 0 Å². The number of carbonyl (C=O) groups excluding carboxylic acids is 2. The Hall–Kier alpha value is -2.40. The Kier molecular flexibility index (Phi) is 5.34. The molecule has 132 valence electrons. The average Bonchev–Trinajstić information content (AvgIpc) is 3.15. The number of ketones is 1. The molecule has 0 spiro atoms. The molecular formula is C20H24N2O3. The summed E-state index contributed by atoms with van der Waals surface area (Å²) in [5, 5.41) is 2.87. The maximum absolute atomic E-state index is 12.4. The summed E-state index contributed by atoms with van der Waals surface area (Å²) >= 11 is 0. The van der Waals surface area contributed by atoms with Crippen LogP contribution < -0.4 is 5.32 Å². The van der Waals surface area contributed by atoms with Crippen LogP contribution in [0.4, 0.5) is 0 Å². The van der Waals surface area contributed by atoms with E-state index in [0.29, 0.717) is 13.1 Å². The third-order valence-corrected chi connectivity index (χ3v) is 5.12. The number of likely N-dealkylation sites (tertiary alicyclic amines) is 1. The van der Waals surface area contributed by atoms with E-state index in [1.54, 1.807) is 19.3 Å². The van der Waals surface area contributed by atoms with E-state index in [0.717, 1.165) is 37.3 Å². The van der Waals surface area contributed by atoms with Crippen LogP contribution in [0.3, 0.4) is 0 Å². The second-order valence-corrected chi connectivity index (χ2v) is 6.64. The summed E-state index contributed by atoms with van der Waals surface area (Å²) in [5.74, 6) is 0.929. The number of hydrogen-bond acceptors (Lipinski definition) is 4. The predicted molar refractivity (Wildman–Crippen MR) is 95.0 cm³/mol. The smallest absolute Gasteiger partial charge is 0.234 e. The number of piperidine rings is 1. The minimum Gasteiger partial charge on any atom is -0.467 e. The van der Waals surface area contributed by atoms with Crippen LogP contribution in [-0.4, -0.2) is 36.2 Å². The van der Waals surface area contributed by atoms with Gasteiger partial charge >= 0.3 is 0 Å². The number of hydrogen-bond donors (Lipinski definition) is 1. The van der Waals surface area contributed by atoms with Crippen LogP contribution in [0.1, 0.15) is 31.1 Å². The Labute approximate surface area is 148 Å². The summed E-state index contributed by atoms with van der Waals surface area (Å²) in [4.78, 5) is 26.6. The van der Waals surface area contributed by atoms with Crippen molar-refractivity contribution in [2.45, 2.75) is 31.7 Å². The number of furan rings is 1. The largest absolute Gasteiger partial charge is 0.467 e. The molecule has 5 nitrogen and oxygen atoms in total. The molecule has 25 heavy (non-hydrogen) atoms. The molecule has 0 aliphatic carbocycles. The van der Waals surface area contributed by atoms with Crippen molar-refractivity contribution >= 4 is 11.7 Å². The van der Waals surface area contributed by atoms with E-state index in [9.17, 15) is 9.59 Å². The van der Waals surface area contributed by atoms with Crippen LogP contribution in [0.2, 0.25) is 0 Å². The van der Waals surface area contributed by atoms with E-state index in [1.165, 1.54) is 0 Å². The van der Waals surface area contributed by atoms with Gasteiger partial charge in [-0.2, -0.15) is 0 Å². The minimum absolute atomic E-state index is 0.0218. The molecule has 1 N–H and O–H groups in total. The van der Waals surface area contributed by atoms with Gasteiger partial charge in [0.1, 0.15) is 11.5 Å². The highest BCUT2D eigenvalue weighted by Crippen LogP contribution is 2.36. The average molecular weight is 340 g/mol. The van der Waals surface area contributed by atoms with Crippen molar-refractivity contribution in [2.75, 3.05) is 19.6 Å². The Balaban J connectivity index is 1.55. The van der Waals surface area contributed by atoms with Crippen molar-refractivity contribution in [3.05, 3.63) is 60.1 Å². The van der Waals surface area contributed by atoms with Gasteiger partial charge in [0.15, 0.2) is 0 Å². The number of nitrogens with zero attached hydrogens (tertiary/aromatic N) is 1. The van der Waals surface area contributed by atoms with Crippen LogP contribution in [-0.2, 0) is 21.5 Å². The lowest BCUT2D eigenvalue weighted by Crippen LogP contribution is -2.49. The molecule has 1 saturated heterocycles. The molecule has 1 fully saturated rings. The fraction of sp³-hybridized carbons (Fsp3) is 0.400. The molecule has 3 rings (SSSR count). The number of carbonyl (C=O) groups is 2. The van der Waals surface area contributed by atoms with Gasteiger partial charge in [0.05, 0.1) is 24.8 Å². The quantitative estimate of drug-likeness (QED) is 0.878. The zero-order valence-electron chi connectivity index (χ0n) is 14.5. The van der Waals surface area contributed by atoms with Gasteiger partial charge in [-0.1, -0.05) is 30.3 Å². The first-order valence-electron chi connectivity index (χ1n) is 8.68. The number of rotatable bonds is 6. The Morgan fingerprint density at radius 3 is 2.44 bits per heavy atom. The molecule has 2 aromatic rings. The number of benzene rings is 1. The van der Waals surface area contributed by atoms with E-state index >= 15 is 0 Å². The maximum atomic E-state index is 12.4. The van der Waals surface area contributed by atoms with Crippen LogP contribution >= 0.6 is 0 Å². The molecule has 1 aliphatic rings. The van der Waals surface area contributed by atoms with Gasteiger partial charge in [0.2, 0.25) is 5.91 Å². The Morgan fingerprint density at radius 1 is 1.12 bits per heavy atom. The summed E-state index contributed by atoms with van der Waals surface area (Å²) < 4.78 is 5.21. The van der Waals surface area contributed by atoms with Crippen LogP contribution in [0.15, 0.2) is 53.1 Å². The van der Waals surface area contributed by atoms with Gasteiger partial charge in [-0.3, -0.25) is 14.5 Å². The molecule has 1 aromatic heterocycles. The number of amides is 1. The summed E-state index contributed by atoms with van der Waals surface area (Å²) in [7, 11) is 0. The molecule has 0 atom stereocenters. The molecule has 1 aromatic carbocycles. The molecule has 5 heteroatoms. The SMILES string of the molecule is CC(=O)C1(c2ccccc2)CCN(CC(=O)NCc2ccco2)CC1. The third-order valence-electron chi connectivity index (χ3n) is 5.12. The topological polar surface area (TPSA) is 62.6 Å². The Morgan fingerprint density at radius 2 is 1.84 bits per heavy atom. The van der Waals surface area contributed by atoms with Gasteiger partial charge in [-0.25, -0.2) is 0 Å². The second kappa shape index (κ2) is 7.66. The van der Waals surface area contributed by atoms with Gasteiger partial charge < -0.3 is 9.73 Å². The van der Waals surface area contributed by atoms with Crippen LogP contribution in [0.25, 0.3) is 0 Å². The number of Topliss-reactive ketones (excluding diaryl/α,β-unsaturated/α-hetero) is 1. The molecule has 2 heterocycles. The Bertz CT molecular complexity index is 702. The number of nitrogens with one attached hydrogen (secondary N) is 1. The molecule has 0 bridgehead atoms. The fourth-order valence-electron chi connectivity index (χ4n) is 3.55. The van der Waals surface area contributed by atoms with E-state index in [1.807, 2.05) is 36.4 Å². The van der Waals surface area contributed by atoms with Crippen molar-refractivity contribution < 1.29 is 14.0 Å². The van der Waals surface area contributed by atoms with Gasteiger partial charge in [0, 0.05) is 0 Å². The fourth-order valence-corrected chi connectivity index (χ4v) is 3.55. The maximum Gasteiger partial charge on any atom is 0.234 e. The molecule has 0 unspecified atom stereocenters. The monoisotopic (exact) mass is 340 g/mol. The second-order valence-electron chi connectivity index (χ2n) is 6.64. The normalized spacial score (nSPS) is 17.2. The van der Waals surface area contributed by atoms with Crippen molar-refractivity contribution in [3.8, 4) is 0 Å². The zero-order chi connectivity index (χ0) is 17.7. The van der Waals surface area contributed by atoms with Gasteiger partial charge in [0.25, 0.3) is 0 Å². The lowest BCUT2D eigenvalue weighted by Gasteiger charge is -2.40. The predicted octanol–water partition coefficient (Wildman–Crippen LogP) is 2.52. The standard InChI is InChI=1S/C20H24N2O3/c1-16(23)20(17-6-3-2-4-7-17)9-11-22(12-10-20)15-19(24)21-14-18-8-5-13-25-18/h2-8,13H,9-12,14-15H2,1H3,(H,21,24). The van der Waals surface area contributed by atoms with Crippen molar-refractivity contribution in [1.29, 1.82) is 0 Å². The van der Waals surface area contributed by atoms with Crippen molar-refractivity contribution in [1.82, 2.24) is 10.2 Å². The first kappa shape index (κ1) is 17.4. The summed E-state index contributed by atoms with van der Waals surface area (Å²) in [5.41, 5.74) is 0.673. The molecular weight excluding hydrogens is 316 g/mol. The van der Waals surface area contributed by atoms with E-state index in [-0.39, 0.29) is 11.7 Å². The van der Waals surface area contributed by atoms with Crippen molar-refractivity contribution in [3.63, 3.8) is 0 Å². The first-order valence-corrected chi connectivity index (χ1v) is 8.68. The van der Waals surface area contributed by atoms with E-state index in [4.69, 9.17) is 4.42 Å². The summed E-state index contributed by atoms with van der Waals surface area (Å²) in [6, 6.07) is 13.6.